The Kier molecular flexibility index (Phi) is 4.70. The lowest BCUT2D eigenvalue weighted by Crippen LogP contribution is -2.32. The second-order valence-electron chi connectivity index (χ2n) is 4.99. The van der Waals surface area contributed by atoms with Crippen molar-refractivity contribution in [2.75, 3.05) is 13.1 Å². The number of halogens is 1. The Hall–Kier alpha value is -0.370. The summed E-state index contributed by atoms with van der Waals surface area (Å²) in [6, 6.07) is 1.51. The van der Waals surface area contributed by atoms with E-state index in [9.17, 15) is 8.42 Å². The van der Waals surface area contributed by atoms with Crippen LogP contribution in [0, 0.1) is 5.92 Å². The Morgan fingerprint density at radius 3 is 2.84 bits per heavy atom. The van der Waals surface area contributed by atoms with Crippen LogP contribution in [0.5, 0.6) is 0 Å². The van der Waals surface area contributed by atoms with Crippen LogP contribution in [0.15, 0.2) is 20.0 Å². The number of hydrogen-bond acceptors (Lipinski definition) is 4. The molecule has 1 atom stereocenters. The van der Waals surface area contributed by atoms with Crippen molar-refractivity contribution in [3.8, 4) is 0 Å². The predicted molar refractivity (Wildman–Crippen MR) is 76.1 cm³/mol. The zero-order chi connectivity index (χ0) is 14.0. The molecule has 7 heteroatoms. The lowest BCUT2D eigenvalue weighted by atomic mass is 10.0. The lowest BCUT2D eigenvalue weighted by Gasteiger charge is -2.19. The van der Waals surface area contributed by atoms with E-state index in [0.29, 0.717) is 24.8 Å². The summed E-state index contributed by atoms with van der Waals surface area (Å²) in [7, 11) is -3.49. The first-order valence-corrected chi connectivity index (χ1v) is 8.67. The molecule has 2 rings (SSSR count). The molecule has 1 fully saturated rings. The molecule has 0 saturated carbocycles. The Morgan fingerprint density at radius 1 is 1.47 bits per heavy atom. The van der Waals surface area contributed by atoms with Gasteiger partial charge in [0.05, 0.1) is 6.54 Å². The van der Waals surface area contributed by atoms with Crippen LogP contribution in [0.2, 0.25) is 0 Å². The molecule has 108 valence electrons. The van der Waals surface area contributed by atoms with Crippen molar-refractivity contribution >= 4 is 26.0 Å². The number of furan rings is 1. The molecule has 0 bridgehead atoms. The van der Waals surface area contributed by atoms with E-state index in [-0.39, 0.29) is 16.1 Å². The van der Waals surface area contributed by atoms with Gasteiger partial charge in [-0.05, 0) is 41.1 Å². The highest BCUT2D eigenvalue weighted by molar-refractivity contribution is 9.10. The average molecular weight is 351 g/mol. The quantitative estimate of drug-likeness (QED) is 0.907. The van der Waals surface area contributed by atoms with Crippen LogP contribution in [-0.2, 0) is 16.6 Å². The van der Waals surface area contributed by atoms with Gasteiger partial charge in [-0.1, -0.05) is 6.92 Å². The molecule has 0 aromatic carbocycles. The predicted octanol–water partition coefficient (Wildman–Crippen LogP) is 2.31. The summed E-state index contributed by atoms with van der Waals surface area (Å²) >= 11 is 3.16. The number of rotatable bonds is 3. The maximum atomic E-state index is 12.6. The Bertz CT molecular complexity index is 541. The molecule has 2 N–H and O–H groups in total. The first-order chi connectivity index (χ1) is 8.95. The maximum Gasteiger partial charge on any atom is 0.247 e. The second-order valence-corrected chi connectivity index (χ2v) is 7.62. The van der Waals surface area contributed by atoms with Gasteiger partial charge < -0.3 is 10.2 Å². The molecular formula is C12H19BrN2O3S. The molecule has 19 heavy (non-hydrogen) atoms. The van der Waals surface area contributed by atoms with Crippen LogP contribution in [0.25, 0.3) is 0 Å². The monoisotopic (exact) mass is 350 g/mol. The number of nitrogens with zero attached hydrogens (tertiary/aromatic N) is 1. The van der Waals surface area contributed by atoms with E-state index >= 15 is 0 Å². The van der Waals surface area contributed by atoms with Gasteiger partial charge in [-0.3, -0.25) is 0 Å². The third-order valence-corrected chi connectivity index (χ3v) is 6.26. The van der Waals surface area contributed by atoms with Crippen molar-refractivity contribution in [3.63, 3.8) is 0 Å². The molecule has 0 radical (unpaired) electrons. The molecule has 0 spiro atoms. The van der Waals surface area contributed by atoms with Gasteiger partial charge in [0.25, 0.3) is 0 Å². The third-order valence-electron chi connectivity index (χ3n) is 3.50. The molecule has 1 aromatic heterocycles. The van der Waals surface area contributed by atoms with Gasteiger partial charge in [-0.15, -0.1) is 0 Å². The van der Waals surface area contributed by atoms with Gasteiger partial charge >= 0.3 is 0 Å². The highest BCUT2D eigenvalue weighted by Gasteiger charge is 2.30. The molecule has 0 aliphatic carbocycles. The minimum Gasteiger partial charge on any atom is -0.452 e. The van der Waals surface area contributed by atoms with E-state index in [1.807, 2.05) is 0 Å². The Labute approximate surface area is 122 Å². The van der Waals surface area contributed by atoms with E-state index in [1.165, 1.54) is 6.07 Å². The highest BCUT2D eigenvalue weighted by Crippen LogP contribution is 2.30. The number of hydrogen-bond donors (Lipinski definition) is 1. The Morgan fingerprint density at radius 2 is 2.21 bits per heavy atom. The SMILES string of the molecule is CC1CCCN(S(=O)(=O)c2cc(CN)oc2Br)CC1. The summed E-state index contributed by atoms with van der Waals surface area (Å²) in [5, 5.41) is 0. The molecule has 0 amide bonds. The van der Waals surface area contributed by atoms with Gasteiger partial charge in [0.15, 0.2) is 4.67 Å². The fraction of sp³-hybridized carbons (Fsp3) is 0.667. The third kappa shape index (κ3) is 3.21. The minimum atomic E-state index is -3.49. The van der Waals surface area contributed by atoms with Crippen molar-refractivity contribution in [3.05, 3.63) is 16.5 Å². The average Bonchev–Trinajstić information content (AvgIpc) is 2.60. The van der Waals surface area contributed by atoms with Gasteiger partial charge in [-0.25, -0.2) is 8.42 Å². The first kappa shape index (κ1) is 15.0. The summed E-state index contributed by atoms with van der Waals surface area (Å²) in [4.78, 5) is 0.183. The standard InChI is InChI=1S/C12H19BrN2O3S/c1-9-3-2-5-15(6-4-9)19(16,17)11-7-10(8-14)18-12(11)13/h7,9H,2-6,8,14H2,1H3. The largest absolute Gasteiger partial charge is 0.452 e. The number of nitrogens with two attached hydrogens (primary N) is 1. The molecule has 1 unspecified atom stereocenters. The van der Waals surface area contributed by atoms with E-state index < -0.39 is 10.0 Å². The van der Waals surface area contributed by atoms with Crippen LogP contribution >= 0.6 is 15.9 Å². The molecule has 5 nitrogen and oxygen atoms in total. The number of sulfonamides is 1. The molecule has 1 saturated heterocycles. The Balaban J connectivity index is 2.28. The maximum absolute atomic E-state index is 12.6. The molecule has 1 aliphatic rings. The van der Waals surface area contributed by atoms with E-state index in [1.54, 1.807) is 4.31 Å². The van der Waals surface area contributed by atoms with Crippen molar-refractivity contribution < 1.29 is 12.8 Å². The van der Waals surface area contributed by atoms with Crippen LogP contribution in [0.1, 0.15) is 31.9 Å². The van der Waals surface area contributed by atoms with Gasteiger partial charge in [0.1, 0.15) is 10.7 Å². The fourth-order valence-corrected chi connectivity index (χ4v) is 4.74. The molecule has 1 aliphatic heterocycles. The topological polar surface area (TPSA) is 76.5 Å². The first-order valence-electron chi connectivity index (χ1n) is 6.43. The normalized spacial score (nSPS) is 22.4. The summed E-state index contributed by atoms with van der Waals surface area (Å²) in [5.41, 5.74) is 5.47. The van der Waals surface area contributed by atoms with E-state index in [0.717, 1.165) is 19.3 Å². The highest BCUT2D eigenvalue weighted by atomic mass is 79.9. The van der Waals surface area contributed by atoms with Crippen LogP contribution in [0.3, 0.4) is 0 Å². The van der Waals surface area contributed by atoms with Crippen LogP contribution < -0.4 is 5.73 Å². The fourth-order valence-electron chi connectivity index (χ4n) is 2.29. The van der Waals surface area contributed by atoms with Crippen LogP contribution in [-0.4, -0.2) is 25.8 Å². The lowest BCUT2D eigenvalue weighted by molar-refractivity contribution is 0.414. The molecular weight excluding hydrogens is 332 g/mol. The smallest absolute Gasteiger partial charge is 0.247 e. The van der Waals surface area contributed by atoms with Crippen molar-refractivity contribution in [2.45, 2.75) is 37.6 Å². The molecule has 1 aromatic rings. The summed E-state index contributed by atoms with van der Waals surface area (Å²) in [6.45, 7) is 3.49. The molecule has 2 heterocycles. The zero-order valence-electron chi connectivity index (χ0n) is 10.9. The summed E-state index contributed by atoms with van der Waals surface area (Å²) in [6.07, 6.45) is 2.88. The van der Waals surface area contributed by atoms with Gasteiger partial charge in [-0.2, -0.15) is 4.31 Å². The van der Waals surface area contributed by atoms with Gasteiger partial charge in [0, 0.05) is 19.2 Å². The van der Waals surface area contributed by atoms with Crippen molar-refractivity contribution in [1.29, 1.82) is 0 Å². The summed E-state index contributed by atoms with van der Waals surface area (Å²) < 4.78 is 32.3. The van der Waals surface area contributed by atoms with E-state index in [2.05, 4.69) is 22.9 Å². The van der Waals surface area contributed by atoms with E-state index in [4.69, 9.17) is 10.2 Å². The van der Waals surface area contributed by atoms with Crippen molar-refractivity contribution in [2.24, 2.45) is 11.7 Å². The van der Waals surface area contributed by atoms with Gasteiger partial charge in [0.2, 0.25) is 10.0 Å². The summed E-state index contributed by atoms with van der Waals surface area (Å²) in [5.74, 6) is 1.04. The second kappa shape index (κ2) is 5.95. The van der Waals surface area contributed by atoms with Crippen LogP contribution in [0.4, 0.5) is 0 Å². The van der Waals surface area contributed by atoms with Crippen molar-refractivity contribution in [1.82, 2.24) is 4.31 Å². The zero-order valence-corrected chi connectivity index (χ0v) is 13.3. The minimum absolute atomic E-state index is 0.183.